The van der Waals surface area contributed by atoms with Gasteiger partial charge in [0.15, 0.2) is 0 Å². The molecule has 11 heteroatoms. The van der Waals surface area contributed by atoms with Gasteiger partial charge in [0.05, 0.1) is 10.5 Å². The number of aromatic nitrogens is 2. The maximum atomic E-state index is 13.0. The van der Waals surface area contributed by atoms with Crippen molar-refractivity contribution < 1.29 is 22.0 Å². The summed E-state index contributed by atoms with van der Waals surface area (Å²) in [6, 6.07) is 13.4. The maximum absolute atomic E-state index is 13.0. The molecule has 4 rings (SSSR count). The fourth-order valence-corrected chi connectivity index (χ4v) is 4.78. The number of sulfone groups is 1. The van der Waals surface area contributed by atoms with Crippen LogP contribution in [0.25, 0.3) is 0 Å². The topological polar surface area (TPSA) is 104 Å². The SMILES string of the molecule is Cc1cc(N2CCCCC2)nc(Nc2ccc(NC(=O)c3ccccc3S(=O)(=O)C(F)F)cc2)n1. The molecule has 35 heavy (non-hydrogen) atoms. The highest BCUT2D eigenvalue weighted by atomic mass is 32.2. The predicted octanol–water partition coefficient (Wildman–Crippen LogP) is 4.77. The van der Waals surface area contributed by atoms with Crippen molar-refractivity contribution in [3.8, 4) is 0 Å². The van der Waals surface area contributed by atoms with Crippen molar-refractivity contribution in [3.05, 3.63) is 65.9 Å². The number of carbonyl (C=O) groups is 1. The number of carbonyl (C=O) groups excluding carboxylic acids is 1. The minimum Gasteiger partial charge on any atom is -0.356 e. The second-order valence-corrected chi connectivity index (χ2v) is 10.1. The van der Waals surface area contributed by atoms with Crippen molar-refractivity contribution in [1.82, 2.24) is 9.97 Å². The number of rotatable bonds is 7. The lowest BCUT2D eigenvalue weighted by molar-refractivity contribution is 0.102. The van der Waals surface area contributed by atoms with E-state index in [1.54, 1.807) is 24.3 Å². The molecule has 0 radical (unpaired) electrons. The lowest BCUT2D eigenvalue weighted by Gasteiger charge is -2.28. The second kappa shape index (κ2) is 10.3. The Morgan fingerprint density at radius 1 is 0.971 bits per heavy atom. The number of aryl methyl sites for hydroxylation is 1. The van der Waals surface area contributed by atoms with E-state index in [1.807, 2.05) is 13.0 Å². The minimum absolute atomic E-state index is 0.353. The average Bonchev–Trinajstić information content (AvgIpc) is 2.85. The van der Waals surface area contributed by atoms with Gasteiger partial charge >= 0.3 is 5.76 Å². The number of nitrogens with one attached hydrogen (secondary N) is 2. The van der Waals surface area contributed by atoms with Crippen molar-refractivity contribution in [3.63, 3.8) is 0 Å². The Hall–Kier alpha value is -3.60. The van der Waals surface area contributed by atoms with Crippen LogP contribution in [0.3, 0.4) is 0 Å². The zero-order valence-electron chi connectivity index (χ0n) is 19.0. The van der Waals surface area contributed by atoms with Gasteiger partial charge in [-0.1, -0.05) is 12.1 Å². The van der Waals surface area contributed by atoms with Gasteiger partial charge in [0, 0.05) is 36.2 Å². The Bertz CT molecular complexity index is 1310. The number of anilines is 4. The highest BCUT2D eigenvalue weighted by Gasteiger charge is 2.30. The molecule has 0 aliphatic carbocycles. The monoisotopic (exact) mass is 501 g/mol. The summed E-state index contributed by atoms with van der Waals surface area (Å²) in [4.78, 5) is 23.2. The number of amides is 1. The molecule has 0 bridgehead atoms. The summed E-state index contributed by atoms with van der Waals surface area (Å²) >= 11 is 0. The largest absolute Gasteiger partial charge is 0.356 e. The first kappa shape index (κ1) is 24.5. The molecular weight excluding hydrogens is 476 g/mol. The van der Waals surface area contributed by atoms with Gasteiger partial charge in [-0.15, -0.1) is 0 Å². The molecule has 2 N–H and O–H groups in total. The molecule has 2 heterocycles. The Morgan fingerprint density at radius 2 is 1.63 bits per heavy atom. The summed E-state index contributed by atoms with van der Waals surface area (Å²) in [5.41, 5.74) is 1.53. The standard InChI is InChI=1S/C24H25F2N5O3S/c1-16-15-21(31-13-5-2-6-14-31)30-24(27-16)29-18-11-9-17(10-12-18)28-22(32)19-7-3-4-8-20(19)35(33,34)23(25)26/h3-4,7-12,15,23H,2,5-6,13-14H2,1H3,(H,28,32)(H,27,29,30). The smallest absolute Gasteiger partial charge is 0.341 e. The summed E-state index contributed by atoms with van der Waals surface area (Å²) in [5, 5.41) is 5.70. The minimum atomic E-state index is -4.92. The fraction of sp³-hybridized carbons (Fsp3) is 0.292. The molecule has 0 spiro atoms. The van der Waals surface area contributed by atoms with Crippen molar-refractivity contribution in [2.24, 2.45) is 0 Å². The quantitative estimate of drug-likeness (QED) is 0.481. The maximum Gasteiger partial charge on any atom is 0.341 e. The van der Waals surface area contributed by atoms with Crippen LogP contribution in [0.4, 0.5) is 31.9 Å². The van der Waals surface area contributed by atoms with E-state index in [9.17, 15) is 22.0 Å². The first-order valence-corrected chi connectivity index (χ1v) is 12.7. The molecule has 0 atom stereocenters. The first-order valence-electron chi connectivity index (χ1n) is 11.1. The normalized spacial score (nSPS) is 14.1. The van der Waals surface area contributed by atoms with Crippen LogP contribution in [0, 0.1) is 6.92 Å². The zero-order chi connectivity index (χ0) is 25.0. The van der Waals surface area contributed by atoms with E-state index in [2.05, 4.69) is 25.5 Å². The first-order chi connectivity index (χ1) is 16.7. The van der Waals surface area contributed by atoms with Crippen LogP contribution >= 0.6 is 0 Å². The molecule has 3 aromatic rings. The van der Waals surface area contributed by atoms with Crippen LogP contribution in [0.1, 0.15) is 35.3 Å². The van der Waals surface area contributed by atoms with Crippen molar-refractivity contribution >= 4 is 38.9 Å². The van der Waals surface area contributed by atoms with Gasteiger partial charge in [0.1, 0.15) is 5.82 Å². The zero-order valence-corrected chi connectivity index (χ0v) is 19.9. The summed E-state index contributed by atoms with van der Waals surface area (Å²) in [7, 11) is -4.92. The molecule has 184 valence electrons. The van der Waals surface area contributed by atoms with Gasteiger partial charge in [0.25, 0.3) is 5.91 Å². The van der Waals surface area contributed by atoms with Gasteiger partial charge in [-0.3, -0.25) is 4.79 Å². The lowest BCUT2D eigenvalue weighted by atomic mass is 10.1. The second-order valence-electron chi connectivity index (χ2n) is 8.20. The van der Waals surface area contributed by atoms with Crippen molar-refractivity contribution in [1.29, 1.82) is 0 Å². The van der Waals surface area contributed by atoms with E-state index >= 15 is 0 Å². The number of halogens is 2. The van der Waals surface area contributed by atoms with E-state index in [0.29, 0.717) is 17.3 Å². The van der Waals surface area contributed by atoms with Crippen LogP contribution in [0.5, 0.6) is 0 Å². The van der Waals surface area contributed by atoms with E-state index in [0.717, 1.165) is 43.5 Å². The molecule has 0 unspecified atom stereocenters. The number of alkyl halides is 2. The third-order valence-electron chi connectivity index (χ3n) is 5.59. The summed E-state index contributed by atoms with van der Waals surface area (Å²) in [6.07, 6.45) is 3.50. The Morgan fingerprint density at radius 3 is 2.31 bits per heavy atom. The number of hydrogen-bond acceptors (Lipinski definition) is 7. The number of piperidine rings is 1. The average molecular weight is 502 g/mol. The van der Waals surface area contributed by atoms with E-state index in [1.165, 1.54) is 24.6 Å². The molecule has 1 amide bonds. The number of nitrogens with zero attached hydrogens (tertiary/aromatic N) is 3. The molecule has 8 nitrogen and oxygen atoms in total. The summed E-state index contributed by atoms with van der Waals surface area (Å²) in [5.74, 6) is -3.10. The fourth-order valence-electron chi connectivity index (χ4n) is 3.86. The van der Waals surface area contributed by atoms with Crippen LogP contribution in [0.15, 0.2) is 59.5 Å². The van der Waals surface area contributed by atoms with Gasteiger partial charge in [-0.05, 0) is 62.6 Å². The molecule has 1 aliphatic rings. The third-order valence-corrected chi connectivity index (χ3v) is 7.03. The van der Waals surface area contributed by atoms with Crippen LogP contribution < -0.4 is 15.5 Å². The molecule has 1 aromatic heterocycles. The van der Waals surface area contributed by atoms with Gasteiger partial charge in [-0.25, -0.2) is 13.4 Å². The summed E-state index contributed by atoms with van der Waals surface area (Å²) < 4.78 is 49.9. The van der Waals surface area contributed by atoms with E-state index in [-0.39, 0.29) is 5.56 Å². The Kier molecular flexibility index (Phi) is 7.25. The number of benzene rings is 2. The van der Waals surface area contributed by atoms with Crippen molar-refractivity contribution in [2.75, 3.05) is 28.6 Å². The molecular formula is C24H25F2N5O3S. The summed E-state index contributed by atoms with van der Waals surface area (Å²) in [6.45, 7) is 3.84. The van der Waals surface area contributed by atoms with Crippen LogP contribution in [-0.2, 0) is 9.84 Å². The van der Waals surface area contributed by atoms with Gasteiger partial charge in [0.2, 0.25) is 15.8 Å². The molecule has 1 aliphatic heterocycles. The molecule has 0 saturated carbocycles. The van der Waals surface area contributed by atoms with Gasteiger partial charge in [-0.2, -0.15) is 13.8 Å². The third kappa shape index (κ3) is 5.73. The van der Waals surface area contributed by atoms with E-state index < -0.39 is 26.4 Å². The highest BCUT2D eigenvalue weighted by molar-refractivity contribution is 7.91. The highest BCUT2D eigenvalue weighted by Crippen LogP contribution is 2.25. The molecule has 2 aromatic carbocycles. The van der Waals surface area contributed by atoms with Crippen LogP contribution in [-0.4, -0.2) is 43.1 Å². The lowest BCUT2D eigenvalue weighted by Crippen LogP contribution is -2.30. The number of hydrogen-bond donors (Lipinski definition) is 2. The van der Waals surface area contributed by atoms with Crippen LogP contribution in [0.2, 0.25) is 0 Å². The Labute approximate surface area is 202 Å². The Balaban J connectivity index is 1.47. The van der Waals surface area contributed by atoms with Crippen molar-refractivity contribution in [2.45, 2.75) is 36.8 Å². The molecule has 1 saturated heterocycles. The van der Waals surface area contributed by atoms with E-state index in [4.69, 9.17) is 0 Å². The van der Waals surface area contributed by atoms with Gasteiger partial charge < -0.3 is 15.5 Å². The molecule has 1 fully saturated rings. The predicted molar refractivity (Wildman–Crippen MR) is 130 cm³/mol.